The summed E-state index contributed by atoms with van der Waals surface area (Å²) in [7, 11) is 0. The quantitative estimate of drug-likeness (QED) is 0.172. The Bertz CT molecular complexity index is 3160. The van der Waals surface area contributed by atoms with Crippen molar-refractivity contribution in [2.45, 2.75) is 0 Å². The van der Waals surface area contributed by atoms with E-state index in [-0.39, 0.29) is 0 Å². The van der Waals surface area contributed by atoms with Gasteiger partial charge in [-0.15, -0.1) is 0 Å². The minimum absolute atomic E-state index is 0.809. The fraction of sp³-hybridized carbons (Fsp3) is 0. The molecule has 0 unspecified atom stereocenters. The van der Waals surface area contributed by atoms with Gasteiger partial charge in [-0.3, -0.25) is 15.0 Å². The Hall–Kier alpha value is -7.70. The van der Waals surface area contributed by atoms with E-state index in [1.54, 1.807) is 12.4 Å². The van der Waals surface area contributed by atoms with Gasteiger partial charge >= 0.3 is 0 Å². The van der Waals surface area contributed by atoms with Crippen LogP contribution in [-0.2, 0) is 0 Å². The summed E-state index contributed by atoms with van der Waals surface area (Å²) in [6, 6.07) is 61.8. The van der Waals surface area contributed by atoms with Crippen LogP contribution in [0.5, 0.6) is 0 Å². The summed E-state index contributed by atoms with van der Waals surface area (Å²) in [6.07, 6.45) is 5.48. The van der Waals surface area contributed by atoms with Crippen molar-refractivity contribution in [2.24, 2.45) is 0 Å². The molecule has 0 amide bonds. The first-order valence-corrected chi connectivity index (χ1v) is 18.7. The molecular formula is C50H32N6. The van der Waals surface area contributed by atoms with Crippen LogP contribution in [0.15, 0.2) is 195 Å². The molecule has 0 saturated heterocycles. The maximum Gasteiger partial charge on any atom is 0.0963 e. The zero-order chi connectivity index (χ0) is 37.0. The van der Waals surface area contributed by atoms with Crippen molar-refractivity contribution in [1.82, 2.24) is 29.1 Å². The van der Waals surface area contributed by atoms with Gasteiger partial charge < -0.3 is 9.13 Å². The Morgan fingerprint density at radius 1 is 0.304 bits per heavy atom. The van der Waals surface area contributed by atoms with E-state index >= 15 is 0 Å². The molecule has 6 nitrogen and oxygen atoms in total. The van der Waals surface area contributed by atoms with Crippen molar-refractivity contribution < 1.29 is 0 Å². The molecule has 0 spiro atoms. The normalized spacial score (nSPS) is 11.6. The highest BCUT2D eigenvalue weighted by Crippen LogP contribution is 2.38. The topological polar surface area (TPSA) is 61.4 Å². The molecule has 262 valence electrons. The maximum atomic E-state index is 4.96. The molecule has 11 rings (SSSR count). The fourth-order valence-electron chi connectivity index (χ4n) is 8.09. The van der Waals surface area contributed by atoms with E-state index < -0.39 is 0 Å². The molecule has 0 aliphatic rings. The fourth-order valence-corrected chi connectivity index (χ4v) is 8.09. The Morgan fingerprint density at radius 3 is 1.64 bits per heavy atom. The van der Waals surface area contributed by atoms with E-state index in [9.17, 15) is 0 Å². The van der Waals surface area contributed by atoms with Crippen LogP contribution in [0.4, 0.5) is 0 Å². The van der Waals surface area contributed by atoms with Gasteiger partial charge in [0.25, 0.3) is 0 Å². The summed E-state index contributed by atoms with van der Waals surface area (Å²) >= 11 is 0. The summed E-state index contributed by atoms with van der Waals surface area (Å²) < 4.78 is 4.69. The van der Waals surface area contributed by atoms with Crippen molar-refractivity contribution in [1.29, 1.82) is 0 Å². The van der Waals surface area contributed by atoms with E-state index in [2.05, 4.69) is 153 Å². The lowest BCUT2D eigenvalue weighted by molar-refractivity contribution is 1.18. The summed E-state index contributed by atoms with van der Waals surface area (Å²) in [5, 5.41) is 3.56. The van der Waals surface area contributed by atoms with Gasteiger partial charge in [0.15, 0.2) is 0 Å². The summed E-state index contributed by atoms with van der Waals surface area (Å²) in [6.45, 7) is 0. The van der Waals surface area contributed by atoms with Crippen LogP contribution < -0.4 is 0 Å². The molecule has 11 aromatic rings. The predicted octanol–water partition coefficient (Wildman–Crippen LogP) is 12.1. The zero-order valence-corrected chi connectivity index (χ0v) is 30.2. The molecular weight excluding hydrogens is 685 g/mol. The van der Waals surface area contributed by atoms with E-state index in [0.29, 0.717) is 0 Å². The average Bonchev–Trinajstić information content (AvgIpc) is 3.79. The van der Waals surface area contributed by atoms with E-state index in [1.165, 1.54) is 16.3 Å². The van der Waals surface area contributed by atoms with E-state index in [4.69, 9.17) is 9.97 Å². The van der Waals surface area contributed by atoms with Crippen LogP contribution in [0.25, 0.3) is 100 Å². The molecule has 0 fully saturated rings. The average molecular weight is 717 g/mol. The molecule has 56 heavy (non-hydrogen) atoms. The first kappa shape index (κ1) is 31.8. The van der Waals surface area contributed by atoms with Crippen LogP contribution in [-0.4, -0.2) is 29.1 Å². The minimum atomic E-state index is 0.809. The van der Waals surface area contributed by atoms with Crippen molar-refractivity contribution in [3.63, 3.8) is 0 Å². The molecule has 6 aromatic heterocycles. The molecule has 6 heterocycles. The summed E-state index contributed by atoms with van der Waals surface area (Å²) in [5.74, 6) is 0. The lowest BCUT2D eigenvalue weighted by Gasteiger charge is -2.12. The van der Waals surface area contributed by atoms with E-state index in [0.717, 1.165) is 83.8 Å². The standard InChI is InChI=1S/C50H32N6/c1-2-11-37(12-3-1)56-48-17-10-28-53-50(48)40-24-20-35(32-49(40)56)34-21-25-47-41(29-34)39-13-4-5-16-46(39)55(47)38-22-18-33(19-23-38)36-30-44(42-14-6-8-26-51-42)54-45(31-36)43-15-7-9-27-52-43/h1-32H. The molecule has 0 atom stereocenters. The largest absolute Gasteiger partial charge is 0.309 e. The molecule has 0 aliphatic carbocycles. The molecule has 0 radical (unpaired) electrons. The van der Waals surface area contributed by atoms with Crippen molar-refractivity contribution in [3.05, 3.63) is 195 Å². The first-order chi connectivity index (χ1) is 27.8. The minimum Gasteiger partial charge on any atom is -0.309 e. The molecule has 5 aromatic carbocycles. The Balaban J connectivity index is 1.02. The van der Waals surface area contributed by atoms with Crippen molar-refractivity contribution in [2.75, 3.05) is 0 Å². The lowest BCUT2D eigenvalue weighted by Crippen LogP contribution is -1.95. The highest BCUT2D eigenvalue weighted by atomic mass is 15.0. The van der Waals surface area contributed by atoms with Gasteiger partial charge in [-0.1, -0.05) is 72.8 Å². The van der Waals surface area contributed by atoms with Crippen molar-refractivity contribution in [3.8, 4) is 56.4 Å². The third-order valence-electron chi connectivity index (χ3n) is 10.7. The van der Waals surface area contributed by atoms with Crippen LogP contribution in [0.3, 0.4) is 0 Å². The highest BCUT2D eigenvalue weighted by Gasteiger charge is 2.17. The second-order valence-corrected chi connectivity index (χ2v) is 14.0. The molecule has 0 bridgehead atoms. The third-order valence-corrected chi connectivity index (χ3v) is 10.7. The molecule has 6 heteroatoms. The number of benzene rings is 5. The smallest absolute Gasteiger partial charge is 0.0963 e. The number of hydrogen-bond acceptors (Lipinski definition) is 4. The first-order valence-electron chi connectivity index (χ1n) is 18.7. The number of nitrogens with zero attached hydrogens (tertiary/aromatic N) is 6. The van der Waals surface area contributed by atoms with Gasteiger partial charge in [0, 0.05) is 46.1 Å². The zero-order valence-electron chi connectivity index (χ0n) is 30.2. The second-order valence-electron chi connectivity index (χ2n) is 14.0. The van der Waals surface area contributed by atoms with Crippen LogP contribution in [0, 0.1) is 0 Å². The van der Waals surface area contributed by atoms with Crippen molar-refractivity contribution >= 4 is 43.7 Å². The Morgan fingerprint density at radius 2 is 0.893 bits per heavy atom. The summed E-state index contributed by atoms with van der Waals surface area (Å²) in [4.78, 5) is 18.9. The molecule has 0 aliphatic heterocycles. The Kier molecular flexibility index (Phi) is 7.38. The van der Waals surface area contributed by atoms with E-state index in [1.807, 2.05) is 48.7 Å². The number of aromatic nitrogens is 6. The Labute approximate surface area is 322 Å². The number of para-hydroxylation sites is 2. The highest BCUT2D eigenvalue weighted by molar-refractivity contribution is 6.11. The van der Waals surface area contributed by atoms with Crippen LogP contribution >= 0.6 is 0 Å². The van der Waals surface area contributed by atoms with Crippen LogP contribution in [0.2, 0.25) is 0 Å². The molecule has 0 N–H and O–H groups in total. The third kappa shape index (κ3) is 5.27. The van der Waals surface area contributed by atoms with Gasteiger partial charge in [-0.25, -0.2) is 4.98 Å². The van der Waals surface area contributed by atoms with Gasteiger partial charge in [0.1, 0.15) is 0 Å². The number of hydrogen-bond donors (Lipinski definition) is 0. The summed E-state index contributed by atoms with van der Waals surface area (Å²) in [5.41, 5.74) is 15.5. The number of fused-ring (bicyclic) bond motifs is 6. The van der Waals surface area contributed by atoms with Gasteiger partial charge in [-0.05, 0) is 125 Å². The van der Waals surface area contributed by atoms with Gasteiger partial charge in [0.2, 0.25) is 0 Å². The maximum absolute atomic E-state index is 4.96. The second kappa shape index (κ2) is 13.0. The number of pyridine rings is 4. The SMILES string of the molecule is c1ccc(-n2c3cc(-c4ccc5c(c4)c4ccccc4n5-c4ccc(-c5cc(-c6ccccn6)nc(-c6ccccn6)c5)cc4)ccc3c3ncccc32)cc1. The lowest BCUT2D eigenvalue weighted by atomic mass is 10.0. The predicted molar refractivity (Wildman–Crippen MR) is 228 cm³/mol. The van der Waals surface area contributed by atoms with Gasteiger partial charge in [-0.2, -0.15) is 0 Å². The van der Waals surface area contributed by atoms with Gasteiger partial charge in [0.05, 0.1) is 50.4 Å². The number of rotatable bonds is 6. The molecule has 0 saturated carbocycles. The monoisotopic (exact) mass is 716 g/mol. The van der Waals surface area contributed by atoms with Crippen LogP contribution in [0.1, 0.15) is 0 Å².